The van der Waals surface area contributed by atoms with Crippen molar-refractivity contribution in [1.29, 1.82) is 0 Å². The Morgan fingerprint density at radius 2 is 1.89 bits per heavy atom. The van der Waals surface area contributed by atoms with Crippen LogP contribution in [0.3, 0.4) is 0 Å². The van der Waals surface area contributed by atoms with Gasteiger partial charge in [0.05, 0.1) is 18.8 Å². The monoisotopic (exact) mass is 397 g/mol. The molecule has 0 spiro atoms. The van der Waals surface area contributed by atoms with E-state index in [1.54, 1.807) is 6.20 Å². The predicted molar refractivity (Wildman–Crippen MR) is 108 cm³/mol. The summed E-state index contributed by atoms with van der Waals surface area (Å²) in [6.07, 6.45) is 3.37. The minimum atomic E-state index is -0.290. The Labute approximate surface area is 167 Å². The van der Waals surface area contributed by atoms with Crippen LogP contribution in [0, 0.1) is 0 Å². The summed E-state index contributed by atoms with van der Waals surface area (Å²) in [5.41, 5.74) is 1.47. The first-order chi connectivity index (χ1) is 13.6. The summed E-state index contributed by atoms with van der Waals surface area (Å²) >= 11 is 6.05. The first-order valence-corrected chi connectivity index (χ1v) is 9.21. The van der Waals surface area contributed by atoms with Crippen LogP contribution in [-0.4, -0.2) is 27.0 Å². The molecule has 2 heterocycles. The standard InChI is InChI=1S/C20H20ClN5O2/c21-17-14-26(13-15-6-2-1-3-7-15)20(28)19(25-17)23-11-9-18(27)24-12-16-8-4-5-10-22-16/h1-8,10,14H,9,11-13H2,(H,23,25)(H,24,27). The number of halogens is 1. The Morgan fingerprint density at radius 1 is 1.11 bits per heavy atom. The van der Waals surface area contributed by atoms with E-state index in [4.69, 9.17) is 11.6 Å². The first kappa shape index (κ1) is 19.6. The van der Waals surface area contributed by atoms with Gasteiger partial charge in [-0.25, -0.2) is 4.98 Å². The van der Waals surface area contributed by atoms with Gasteiger partial charge in [0, 0.05) is 25.4 Å². The fourth-order valence-electron chi connectivity index (χ4n) is 2.59. The van der Waals surface area contributed by atoms with Gasteiger partial charge in [-0.1, -0.05) is 48.0 Å². The normalized spacial score (nSPS) is 10.5. The molecule has 28 heavy (non-hydrogen) atoms. The third-order valence-electron chi connectivity index (χ3n) is 3.98. The number of nitrogens with zero attached hydrogens (tertiary/aromatic N) is 3. The highest BCUT2D eigenvalue weighted by Crippen LogP contribution is 2.08. The van der Waals surface area contributed by atoms with Crippen molar-refractivity contribution in [3.63, 3.8) is 0 Å². The zero-order valence-corrected chi connectivity index (χ0v) is 15.9. The second kappa shape index (κ2) is 9.66. The topological polar surface area (TPSA) is 88.9 Å². The zero-order valence-electron chi connectivity index (χ0n) is 15.1. The molecule has 8 heteroatoms. The number of benzene rings is 1. The van der Waals surface area contributed by atoms with Gasteiger partial charge in [-0.15, -0.1) is 0 Å². The van der Waals surface area contributed by atoms with Crippen molar-refractivity contribution in [2.45, 2.75) is 19.5 Å². The molecular formula is C20H20ClN5O2. The van der Waals surface area contributed by atoms with Gasteiger partial charge < -0.3 is 15.2 Å². The highest BCUT2D eigenvalue weighted by molar-refractivity contribution is 6.29. The highest BCUT2D eigenvalue weighted by atomic mass is 35.5. The van der Waals surface area contributed by atoms with Crippen LogP contribution >= 0.6 is 11.6 Å². The van der Waals surface area contributed by atoms with Gasteiger partial charge >= 0.3 is 0 Å². The summed E-state index contributed by atoms with van der Waals surface area (Å²) in [5, 5.41) is 5.89. The van der Waals surface area contributed by atoms with E-state index < -0.39 is 0 Å². The number of amides is 1. The number of hydrogen-bond donors (Lipinski definition) is 2. The molecule has 1 amide bonds. The number of pyridine rings is 1. The van der Waals surface area contributed by atoms with E-state index in [0.717, 1.165) is 11.3 Å². The number of hydrogen-bond acceptors (Lipinski definition) is 5. The molecule has 7 nitrogen and oxygen atoms in total. The Kier molecular flexibility index (Phi) is 6.75. The van der Waals surface area contributed by atoms with Crippen molar-refractivity contribution in [3.8, 4) is 0 Å². The smallest absolute Gasteiger partial charge is 0.293 e. The average Bonchev–Trinajstić information content (AvgIpc) is 2.71. The maximum atomic E-state index is 12.6. The Morgan fingerprint density at radius 3 is 2.64 bits per heavy atom. The van der Waals surface area contributed by atoms with Crippen LogP contribution in [0.2, 0.25) is 5.15 Å². The van der Waals surface area contributed by atoms with Crippen LogP contribution in [-0.2, 0) is 17.9 Å². The molecule has 2 N–H and O–H groups in total. The lowest BCUT2D eigenvalue weighted by Crippen LogP contribution is -2.28. The van der Waals surface area contributed by atoms with Crippen molar-refractivity contribution in [3.05, 3.63) is 87.7 Å². The van der Waals surface area contributed by atoms with Crippen LogP contribution in [0.1, 0.15) is 17.7 Å². The largest absolute Gasteiger partial charge is 0.365 e. The minimum Gasteiger partial charge on any atom is -0.365 e. The van der Waals surface area contributed by atoms with Gasteiger partial charge in [-0.2, -0.15) is 0 Å². The SMILES string of the molecule is O=C(CCNc1nc(Cl)cn(Cc2ccccc2)c1=O)NCc1ccccn1. The Bertz CT molecular complexity index is 977. The number of aromatic nitrogens is 3. The Hall–Kier alpha value is -3.19. The molecule has 3 aromatic rings. The zero-order chi connectivity index (χ0) is 19.8. The molecule has 3 rings (SSSR count). The maximum Gasteiger partial charge on any atom is 0.293 e. The number of carbonyl (C=O) groups is 1. The van der Waals surface area contributed by atoms with Crippen LogP contribution in [0.4, 0.5) is 5.82 Å². The molecule has 0 unspecified atom stereocenters. The second-order valence-corrected chi connectivity index (χ2v) is 6.49. The maximum absolute atomic E-state index is 12.6. The van der Waals surface area contributed by atoms with Crippen LogP contribution < -0.4 is 16.2 Å². The van der Waals surface area contributed by atoms with Crippen LogP contribution in [0.25, 0.3) is 0 Å². The summed E-state index contributed by atoms with van der Waals surface area (Å²) in [6.45, 7) is 1.02. The fourth-order valence-corrected chi connectivity index (χ4v) is 2.80. The van der Waals surface area contributed by atoms with E-state index in [-0.39, 0.29) is 35.4 Å². The van der Waals surface area contributed by atoms with E-state index in [0.29, 0.717) is 13.1 Å². The molecule has 0 saturated carbocycles. The van der Waals surface area contributed by atoms with Crippen molar-refractivity contribution >= 4 is 23.3 Å². The molecule has 0 aliphatic rings. The van der Waals surface area contributed by atoms with Gasteiger partial charge in [0.2, 0.25) is 5.91 Å². The molecule has 0 radical (unpaired) electrons. The van der Waals surface area contributed by atoms with E-state index >= 15 is 0 Å². The third kappa shape index (κ3) is 5.65. The van der Waals surface area contributed by atoms with Crippen LogP contribution in [0.15, 0.2) is 65.7 Å². The lowest BCUT2D eigenvalue weighted by atomic mass is 10.2. The van der Waals surface area contributed by atoms with Crippen molar-refractivity contribution in [1.82, 2.24) is 19.9 Å². The van der Waals surface area contributed by atoms with E-state index in [2.05, 4.69) is 20.6 Å². The second-order valence-electron chi connectivity index (χ2n) is 6.11. The summed E-state index contributed by atoms with van der Waals surface area (Å²) < 4.78 is 1.49. The van der Waals surface area contributed by atoms with E-state index in [1.165, 1.54) is 10.8 Å². The van der Waals surface area contributed by atoms with Gasteiger partial charge in [-0.3, -0.25) is 14.6 Å². The van der Waals surface area contributed by atoms with Crippen molar-refractivity contribution in [2.75, 3.05) is 11.9 Å². The molecular weight excluding hydrogens is 378 g/mol. The quantitative estimate of drug-likeness (QED) is 0.609. The molecule has 2 aromatic heterocycles. The summed E-state index contributed by atoms with van der Waals surface area (Å²) in [4.78, 5) is 32.7. The molecule has 1 aromatic carbocycles. The van der Waals surface area contributed by atoms with E-state index in [1.807, 2.05) is 48.5 Å². The summed E-state index contributed by atoms with van der Waals surface area (Å²) in [6, 6.07) is 15.1. The molecule has 0 fully saturated rings. The van der Waals surface area contributed by atoms with Crippen LogP contribution in [0.5, 0.6) is 0 Å². The van der Waals surface area contributed by atoms with Gasteiger partial charge in [0.1, 0.15) is 5.15 Å². The number of rotatable bonds is 8. The molecule has 0 aliphatic carbocycles. The minimum absolute atomic E-state index is 0.126. The van der Waals surface area contributed by atoms with Crippen molar-refractivity contribution < 1.29 is 4.79 Å². The molecule has 0 aliphatic heterocycles. The third-order valence-corrected chi connectivity index (χ3v) is 4.16. The number of carbonyl (C=O) groups excluding carboxylic acids is 1. The predicted octanol–water partition coefficient (Wildman–Crippen LogP) is 2.46. The molecule has 0 atom stereocenters. The highest BCUT2D eigenvalue weighted by Gasteiger charge is 2.09. The Balaban J connectivity index is 1.55. The summed E-state index contributed by atoms with van der Waals surface area (Å²) in [5.74, 6) is -0.0225. The fraction of sp³-hybridized carbons (Fsp3) is 0.200. The molecule has 0 bridgehead atoms. The van der Waals surface area contributed by atoms with E-state index in [9.17, 15) is 9.59 Å². The average molecular weight is 398 g/mol. The lowest BCUT2D eigenvalue weighted by Gasteiger charge is -2.10. The summed E-state index contributed by atoms with van der Waals surface area (Å²) in [7, 11) is 0. The van der Waals surface area contributed by atoms with Gasteiger partial charge in [-0.05, 0) is 17.7 Å². The lowest BCUT2D eigenvalue weighted by molar-refractivity contribution is -0.121. The number of nitrogens with one attached hydrogen (secondary N) is 2. The van der Waals surface area contributed by atoms with Gasteiger partial charge in [0.25, 0.3) is 5.56 Å². The van der Waals surface area contributed by atoms with Gasteiger partial charge in [0.15, 0.2) is 5.82 Å². The van der Waals surface area contributed by atoms with Crippen molar-refractivity contribution in [2.24, 2.45) is 0 Å². The molecule has 0 saturated heterocycles. The number of anilines is 1. The molecule has 144 valence electrons. The first-order valence-electron chi connectivity index (χ1n) is 8.83.